The molecule has 0 radical (unpaired) electrons. The largest absolute Gasteiger partial charge is 0.484 e. The molecule has 0 aliphatic carbocycles. The van der Waals surface area contributed by atoms with Gasteiger partial charge in [-0.05, 0) is 30.5 Å². The van der Waals surface area contributed by atoms with Crippen LogP contribution in [-0.4, -0.2) is 12.4 Å². The minimum Gasteiger partial charge on any atom is -0.484 e. The Labute approximate surface area is 132 Å². The lowest BCUT2D eigenvalue weighted by atomic mass is 10.1. The van der Waals surface area contributed by atoms with Crippen molar-refractivity contribution in [2.24, 2.45) is 0 Å². The number of nitrogens with zero attached hydrogens (tertiary/aromatic N) is 1. The summed E-state index contributed by atoms with van der Waals surface area (Å²) in [5.74, 6) is 0.212. The molecule has 0 bridgehead atoms. The molecule has 106 valence electrons. The smallest absolute Gasteiger partial charge is 0.167 e. The fourth-order valence-corrected chi connectivity index (χ4v) is 2.68. The fourth-order valence-electron chi connectivity index (χ4n) is 1.74. The number of ketones is 1. The van der Waals surface area contributed by atoms with Crippen LogP contribution in [0.4, 0.5) is 0 Å². The van der Waals surface area contributed by atoms with Gasteiger partial charge in [-0.3, -0.25) is 4.79 Å². The molecule has 0 saturated carbocycles. The van der Waals surface area contributed by atoms with Crippen molar-refractivity contribution in [3.05, 3.63) is 57.2 Å². The molecular formula is C16H12ClNO2S. The molecule has 0 N–H and O–H groups in total. The number of Topliss-reactive ketones (excluding diaryl/α,β-unsaturated/α-hetero) is 1. The summed E-state index contributed by atoms with van der Waals surface area (Å²) in [7, 11) is 0. The molecule has 2 rings (SSSR count). The van der Waals surface area contributed by atoms with Crippen molar-refractivity contribution in [3.8, 4) is 6.07 Å². The van der Waals surface area contributed by atoms with E-state index >= 15 is 0 Å². The van der Waals surface area contributed by atoms with Gasteiger partial charge < -0.3 is 4.74 Å². The van der Waals surface area contributed by atoms with Gasteiger partial charge in [0, 0.05) is 10.4 Å². The van der Waals surface area contributed by atoms with Gasteiger partial charge in [-0.15, -0.1) is 11.3 Å². The third-order valence-electron chi connectivity index (χ3n) is 2.64. The third-order valence-corrected chi connectivity index (χ3v) is 3.86. The van der Waals surface area contributed by atoms with Crippen LogP contribution in [-0.2, 0) is 9.53 Å². The molecule has 0 spiro atoms. The van der Waals surface area contributed by atoms with Crippen molar-refractivity contribution >= 4 is 40.1 Å². The highest BCUT2D eigenvalue weighted by molar-refractivity contribution is 7.11. The van der Waals surface area contributed by atoms with E-state index in [4.69, 9.17) is 16.3 Å². The van der Waals surface area contributed by atoms with Gasteiger partial charge in [0.25, 0.3) is 0 Å². The quantitative estimate of drug-likeness (QED) is 0.606. The number of hydrogen-bond donors (Lipinski definition) is 0. The second kappa shape index (κ2) is 7.07. The summed E-state index contributed by atoms with van der Waals surface area (Å²) in [5, 5.41) is 11.8. The van der Waals surface area contributed by atoms with Gasteiger partial charge in [-0.25, -0.2) is 0 Å². The highest BCUT2D eigenvalue weighted by Gasteiger charge is 2.17. The predicted molar refractivity (Wildman–Crippen MR) is 84.8 cm³/mol. The Kier molecular flexibility index (Phi) is 5.15. The van der Waals surface area contributed by atoms with Gasteiger partial charge in [0.1, 0.15) is 24.0 Å². The molecule has 0 fully saturated rings. The average molecular weight is 318 g/mol. The normalized spacial score (nSPS) is 11.5. The van der Waals surface area contributed by atoms with Crippen molar-refractivity contribution < 1.29 is 9.53 Å². The van der Waals surface area contributed by atoms with Crippen LogP contribution >= 0.6 is 22.9 Å². The van der Waals surface area contributed by atoms with Crippen LogP contribution in [0.25, 0.3) is 11.3 Å². The Hall–Kier alpha value is -2.09. The first kappa shape index (κ1) is 15.3. The number of benzene rings is 1. The lowest BCUT2D eigenvalue weighted by Gasteiger charge is -2.13. The maximum atomic E-state index is 11.2. The highest BCUT2D eigenvalue weighted by Crippen LogP contribution is 2.33. The molecule has 1 aromatic heterocycles. The second-order valence-corrected chi connectivity index (χ2v) is 5.62. The predicted octanol–water partition coefficient (Wildman–Crippen LogP) is 4.40. The van der Waals surface area contributed by atoms with E-state index in [-0.39, 0.29) is 12.4 Å². The number of nitriles is 1. The van der Waals surface area contributed by atoms with Crippen LogP contribution in [0.3, 0.4) is 0 Å². The van der Waals surface area contributed by atoms with Gasteiger partial charge in [0.15, 0.2) is 5.78 Å². The number of halogens is 1. The van der Waals surface area contributed by atoms with Gasteiger partial charge in [0.05, 0.1) is 5.02 Å². The summed E-state index contributed by atoms with van der Waals surface area (Å²) in [6.45, 7) is 1.33. The van der Waals surface area contributed by atoms with E-state index < -0.39 is 0 Å². The molecule has 0 unspecified atom stereocenters. The van der Waals surface area contributed by atoms with E-state index in [1.165, 1.54) is 18.3 Å². The Morgan fingerprint density at radius 3 is 2.67 bits per heavy atom. The van der Waals surface area contributed by atoms with Crippen molar-refractivity contribution in [2.45, 2.75) is 6.92 Å². The van der Waals surface area contributed by atoms with Gasteiger partial charge in [-0.2, -0.15) is 5.26 Å². The monoisotopic (exact) mass is 317 g/mol. The number of rotatable bonds is 5. The van der Waals surface area contributed by atoms with Crippen LogP contribution in [0.15, 0.2) is 41.8 Å². The number of carbonyl (C=O) groups is 1. The summed E-state index contributed by atoms with van der Waals surface area (Å²) in [4.78, 5) is 12.0. The highest BCUT2D eigenvalue weighted by atomic mass is 35.5. The van der Waals surface area contributed by atoms with Crippen molar-refractivity contribution in [1.82, 2.24) is 0 Å². The summed E-state index contributed by atoms with van der Waals surface area (Å²) < 4.78 is 5.58. The van der Waals surface area contributed by atoms with E-state index in [0.29, 0.717) is 21.9 Å². The lowest BCUT2D eigenvalue weighted by molar-refractivity contribution is -0.119. The Balaban J connectivity index is 2.57. The molecule has 5 heteroatoms. The standard InChI is InChI=1S/C16H12ClNO2S/c1-11(19)10-20-16(12-5-2-3-6-14(12)17)13(9-18)15-7-4-8-21-15/h2-8H,10H2,1H3. The summed E-state index contributed by atoms with van der Waals surface area (Å²) in [5.41, 5.74) is 0.977. The first-order chi connectivity index (χ1) is 10.1. The molecule has 0 atom stereocenters. The van der Waals surface area contributed by atoms with Crippen molar-refractivity contribution in [2.75, 3.05) is 6.61 Å². The molecular weight excluding hydrogens is 306 g/mol. The molecule has 1 heterocycles. The molecule has 1 aromatic carbocycles. The molecule has 0 aliphatic heterocycles. The number of ether oxygens (including phenoxy) is 1. The molecule has 3 nitrogen and oxygen atoms in total. The SMILES string of the molecule is CC(=O)COC(=C(C#N)c1cccs1)c1ccccc1Cl. The number of thiophene rings is 1. The minimum atomic E-state index is -0.122. The van der Waals surface area contributed by atoms with Crippen LogP contribution in [0.2, 0.25) is 5.02 Å². The molecule has 0 amide bonds. The number of carbonyl (C=O) groups excluding carboxylic acids is 1. The second-order valence-electron chi connectivity index (χ2n) is 4.26. The molecule has 21 heavy (non-hydrogen) atoms. The lowest BCUT2D eigenvalue weighted by Crippen LogP contribution is -2.05. The molecule has 0 saturated heterocycles. The van der Waals surface area contributed by atoms with Crippen molar-refractivity contribution in [3.63, 3.8) is 0 Å². The summed E-state index contributed by atoms with van der Waals surface area (Å²) in [6, 6.07) is 12.9. The zero-order chi connectivity index (χ0) is 15.2. The maximum Gasteiger partial charge on any atom is 0.167 e. The first-order valence-corrected chi connectivity index (χ1v) is 7.44. The van der Waals surface area contributed by atoms with Crippen LogP contribution in [0.1, 0.15) is 17.4 Å². The van der Waals surface area contributed by atoms with E-state index in [2.05, 4.69) is 6.07 Å². The molecule has 0 aliphatic rings. The minimum absolute atomic E-state index is 0.100. The Morgan fingerprint density at radius 2 is 2.10 bits per heavy atom. The van der Waals surface area contributed by atoms with Crippen LogP contribution in [0, 0.1) is 11.3 Å². The maximum absolute atomic E-state index is 11.2. The van der Waals surface area contributed by atoms with Gasteiger partial charge >= 0.3 is 0 Å². The third kappa shape index (κ3) is 3.72. The topological polar surface area (TPSA) is 50.1 Å². The Morgan fingerprint density at radius 1 is 1.33 bits per heavy atom. The number of allylic oxidation sites excluding steroid dienone is 1. The van der Waals surface area contributed by atoms with E-state index in [1.54, 1.807) is 18.2 Å². The zero-order valence-corrected chi connectivity index (χ0v) is 12.9. The molecule has 2 aromatic rings. The zero-order valence-electron chi connectivity index (χ0n) is 11.3. The van der Waals surface area contributed by atoms with Crippen LogP contribution < -0.4 is 0 Å². The summed E-state index contributed by atoms with van der Waals surface area (Å²) >= 11 is 7.62. The summed E-state index contributed by atoms with van der Waals surface area (Å²) in [6.07, 6.45) is 0. The van der Waals surface area contributed by atoms with E-state index in [9.17, 15) is 10.1 Å². The van der Waals surface area contributed by atoms with Gasteiger partial charge in [0.2, 0.25) is 0 Å². The van der Waals surface area contributed by atoms with E-state index in [1.807, 2.05) is 23.6 Å². The fraction of sp³-hybridized carbons (Fsp3) is 0.125. The Bertz CT molecular complexity index is 714. The first-order valence-electron chi connectivity index (χ1n) is 6.19. The number of hydrogen-bond acceptors (Lipinski definition) is 4. The van der Waals surface area contributed by atoms with Crippen molar-refractivity contribution in [1.29, 1.82) is 5.26 Å². The van der Waals surface area contributed by atoms with Gasteiger partial charge in [-0.1, -0.05) is 29.8 Å². The van der Waals surface area contributed by atoms with E-state index in [0.717, 1.165) is 4.88 Å². The van der Waals surface area contributed by atoms with Crippen LogP contribution in [0.5, 0.6) is 0 Å². The average Bonchev–Trinajstić information content (AvgIpc) is 2.98.